The van der Waals surface area contributed by atoms with Crippen molar-refractivity contribution in [2.24, 2.45) is 11.7 Å². The molecule has 98 valence electrons. The molecule has 0 amide bonds. The van der Waals surface area contributed by atoms with Gasteiger partial charge in [0.15, 0.2) is 5.17 Å². The van der Waals surface area contributed by atoms with Crippen molar-refractivity contribution in [1.82, 2.24) is 0 Å². The van der Waals surface area contributed by atoms with E-state index in [1.165, 1.54) is 31.0 Å². The summed E-state index contributed by atoms with van der Waals surface area (Å²) in [5, 5.41) is 7.21. The summed E-state index contributed by atoms with van der Waals surface area (Å²) in [6.45, 7) is 2.18. The zero-order valence-corrected chi connectivity index (χ0v) is 11.2. The molecule has 1 fully saturated rings. The van der Waals surface area contributed by atoms with E-state index in [0.717, 1.165) is 19.3 Å². The Labute approximate surface area is 107 Å². The Hall–Kier alpha value is -0.710. The molecule has 1 aliphatic heterocycles. The van der Waals surface area contributed by atoms with Gasteiger partial charge in [0.05, 0.1) is 5.92 Å². The van der Waals surface area contributed by atoms with Crippen LogP contribution in [-0.4, -0.2) is 23.0 Å². The van der Waals surface area contributed by atoms with E-state index < -0.39 is 0 Å². The Morgan fingerprint density at radius 3 is 2.94 bits per heavy atom. The number of unbranched alkanes of at least 4 members (excludes halogenated alkanes) is 3. The quantitative estimate of drug-likeness (QED) is 0.318. The molecule has 1 saturated heterocycles. The Morgan fingerprint density at radius 2 is 2.29 bits per heavy atom. The first-order valence-corrected chi connectivity index (χ1v) is 7.29. The van der Waals surface area contributed by atoms with Gasteiger partial charge < -0.3 is 10.5 Å². The summed E-state index contributed by atoms with van der Waals surface area (Å²) in [7, 11) is 0. The molecule has 0 aromatic rings. The van der Waals surface area contributed by atoms with E-state index >= 15 is 0 Å². The highest BCUT2D eigenvalue weighted by atomic mass is 32.2. The van der Waals surface area contributed by atoms with Crippen molar-refractivity contribution in [3.8, 4) is 0 Å². The number of nitrogens with two attached hydrogens (primary N) is 1. The highest BCUT2D eigenvalue weighted by molar-refractivity contribution is 8.13. The summed E-state index contributed by atoms with van der Waals surface area (Å²) in [4.78, 5) is 11.6. The standard InChI is InChI=1S/C12H22N2O2S/c1-2-3-4-5-6-9-7-10(16-11(9)15)8-17-12(13)14/h9-10H,2-8H2,1H3,(H3,13,14)/t9-,10-/m1/s1. The number of carbonyl (C=O) groups excluding carboxylic acids is 1. The Kier molecular flexibility index (Phi) is 6.40. The lowest BCUT2D eigenvalue weighted by Gasteiger charge is -2.06. The molecule has 3 N–H and O–H groups in total. The molecular formula is C12H22N2O2S. The van der Waals surface area contributed by atoms with Crippen LogP contribution in [0.15, 0.2) is 0 Å². The Balaban J connectivity index is 2.19. The molecular weight excluding hydrogens is 236 g/mol. The van der Waals surface area contributed by atoms with Gasteiger partial charge in [0, 0.05) is 5.75 Å². The second-order valence-electron chi connectivity index (χ2n) is 4.52. The van der Waals surface area contributed by atoms with Gasteiger partial charge in [-0.1, -0.05) is 44.4 Å². The number of thioether (sulfide) groups is 1. The Bertz CT molecular complexity index is 271. The van der Waals surface area contributed by atoms with Gasteiger partial charge in [0.25, 0.3) is 0 Å². The molecule has 0 aromatic heterocycles. The third-order valence-electron chi connectivity index (χ3n) is 2.99. The van der Waals surface area contributed by atoms with Crippen LogP contribution in [0.4, 0.5) is 0 Å². The number of hydrogen-bond acceptors (Lipinski definition) is 4. The molecule has 0 aromatic carbocycles. The summed E-state index contributed by atoms with van der Waals surface area (Å²) in [6, 6.07) is 0. The second-order valence-corrected chi connectivity index (χ2v) is 5.58. The van der Waals surface area contributed by atoms with Crippen LogP contribution < -0.4 is 5.73 Å². The van der Waals surface area contributed by atoms with Gasteiger partial charge in [-0.25, -0.2) is 0 Å². The van der Waals surface area contributed by atoms with Crippen LogP contribution in [0.2, 0.25) is 0 Å². The van der Waals surface area contributed by atoms with E-state index in [9.17, 15) is 4.79 Å². The van der Waals surface area contributed by atoms with E-state index in [0.29, 0.717) is 5.75 Å². The van der Waals surface area contributed by atoms with Crippen molar-refractivity contribution in [3.05, 3.63) is 0 Å². The maximum absolute atomic E-state index is 11.6. The molecule has 2 atom stereocenters. The fourth-order valence-electron chi connectivity index (χ4n) is 2.06. The van der Waals surface area contributed by atoms with Gasteiger partial charge in [0.1, 0.15) is 6.10 Å². The van der Waals surface area contributed by atoms with Crippen LogP contribution in [0, 0.1) is 11.3 Å². The number of esters is 1. The van der Waals surface area contributed by atoms with Crippen molar-refractivity contribution in [2.45, 2.75) is 51.6 Å². The summed E-state index contributed by atoms with van der Waals surface area (Å²) in [6.07, 6.45) is 6.46. The monoisotopic (exact) mass is 258 g/mol. The van der Waals surface area contributed by atoms with Crippen LogP contribution in [-0.2, 0) is 9.53 Å². The van der Waals surface area contributed by atoms with Crippen molar-refractivity contribution in [3.63, 3.8) is 0 Å². The van der Waals surface area contributed by atoms with Gasteiger partial charge in [-0.15, -0.1) is 0 Å². The van der Waals surface area contributed by atoms with Crippen molar-refractivity contribution in [2.75, 3.05) is 5.75 Å². The van der Waals surface area contributed by atoms with E-state index in [1.54, 1.807) is 0 Å². The van der Waals surface area contributed by atoms with E-state index in [-0.39, 0.29) is 23.2 Å². The molecule has 17 heavy (non-hydrogen) atoms. The molecule has 0 bridgehead atoms. The molecule has 1 rings (SSSR count). The third-order valence-corrected chi connectivity index (χ3v) is 3.84. The first-order chi connectivity index (χ1) is 8.13. The number of rotatable bonds is 7. The Morgan fingerprint density at radius 1 is 1.53 bits per heavy atom. The average Bonchev–Trinajstić information content (AvgIpc) is 2.63. The molecule has 1 aliphatic rings. The zero-order valence-electron chi connectivity index (χ0n) is 10.4. The van der Waals surface area contributed by atoms with Gasteiger partial charge in [0.2, 0.25) is 0 Å². The minimum Gasteiger partial charge on any atom is -0.461 e. The average molecular weight is 258 g/mol. The van der Waals surface area contributed by atoms with Crippen LogP contribution in [0.25, 0.3) is 0 Å². The van der Waals surface area contributed by atoms with Crippen LogP contribution in [0.1, 0.15) is 45.4 Å². The predicted octanol–water partition coefficient (Wildman–Crippen LogP) is 2.52. The first kappa shape index (κ1) is 14.4. The fourth-order valence-corrected chi connectivity index (χ4v) is 2.63. The molecule has 0 saturated carbocycles. The lowest BCUT2D eigenvalue weighted by molar-refractivity contribution is -0.143. The molecule has 0 radical (unpaired) electrons. The normalized spacial score (nSPS) is 23.7. The molecule has 4 nitrogen and oxygen atoms in total. The van der Waals surface area contributed by atoms with Gasteiger partial charge in [-0.2, -0.15) is 0 Å². The highest BCUT2D eigenvalue weighted by Gasteiger charge is 2.33. The molecule has 5 heteroatoms. The second kappa shape index (κ2) is 7.58. The number of cyclic esters (lactones) is 1. The number of hydrogen-bond donors (Lipinski definition) is 2. The van der Waals surface area contributed by atoms with Crippen molar-refractivity contribution in [1.29, 1.82) is 5.41 Å². The van der Waals surface area contributed by atoms with E-state index in [1.807, 2.05) is 0 Å². The maximum atomic E-state index is 11.6. The first-order valence-electron chi connectivity index (χ1n) is 6.30. The largest absolute Gasteiger partial charge is 0.461 e. The van der Waals surface area contributed by atoms with E-state index in [4.69, 9.17) is 15.9 Å². The van der Waals surface area contributed by atoms with E-state index in [2.05, 4.69) is 6.92 Å². The molecule has 0 aliphatic carbocycles. The summed E-state index contributed by atoms with van der Waals surface area (Å²) >= 11 is 1.25. The SMILES string of the molecule is CCCCCC[C@@H]1C[C@H](CSC(=N)N)OC1=O. The topological polar surface area (TPSA) is 76.2 Å². The van der Waals surface area contributed by atoms with Crippen LogP contribution in [0.3, 0.4) is 0 Å². The van der Waals surface area contributed by atoms with Crippen molar-refractivity contribution >= 4 is 22.9 Å². The lowest BCUT2D eigenvalue weighted by Crippen LogP contribution is -2.14. The molecule has 0 spiro atoms. The predicted molar refractivity (Wildman–Crippen MR) is 71.1 cm³/mol. The van der Waals surface area contributed by atoms with Crippen LogP contribution >= 0.6 is 11.8 Å². The van der Waals surface area contributed by atoms with Gasteiger partial charge in [-0.05, 0) is 12.8 Å². The third kappa shape index (κ3) is 5.44. The fraction of sp³-hybridized carbons (Fsp3) is 0.833. The van der Waals surface area contributed by atoms with Crippen molar-refractivity contribution < 1.29 is 9.53 Å². The summed E-state index contributed by atoms with van der Waals surface area (Å²) < 4.78 is 5.27. The smallest absolute Gasteiger partial charge is 0.309 e. The lowest BCUT2D eigenvalue weighted by atomic mass is 9.98. The van der Waals surface area contributed by atoms with Gasteiger partial charge >= 0.3 is 5.97 Å². The molecule has 1 heterocycles. The summed E-state index contributed by atoms with van der Waals surface area (Å²) in [5.74, 6) is 0.632. The number of amidine groups is 1. The molecule has 0 unspecified atom stereocenters. The highest BCUT2D eigenvalue weighted by Crippen LogP contribution is 2.28. The minimum absolute atomic E-state index is 0.0485. The number of ether oxygens (including phenoxy) is 1. The summed E-state index contributed by atoms with van der Waals surface area (Å²) in [5.41, 5.74) is 5.26. The van der Waals surface area contributed by atoms with Crippen LogP contribution in [0.5, 0.6) is 0 Å². The zero-order chi connectivity index (χ0) is 12.7. The van der Waals surface area contributed by atoms with Gasteiger partial charge in [-0.3, -0.25) is 10.2 Å². The number of nitrogens with one attached hydrogen (secondary N) is 1. The maximum Gasteiger partial charge on any atom is 0.309 e. The minimum atomic E-state index is -0.0596. The number of carbonyl (C=O) groups is 1.